The Morgan fingerprint density at radius 3 is 3.00 bits per heavy atom. The first kappa shape index (κ1) is 14.2. The Bertz CT molecular complexity index is 807. The normalized spacial score (nSPS) is 38.6. The van der Waals surface area contributed by atoms with Gasteiger partial charge in [0.25, 0.3) is 0 Å². The van der Waals surface area contributed by atoms with E-state index in [9.17, 15) is 20.3 Å². The van der Waals surface area contributed by atoms with Crippen LogP contribution in [0.25, 0.3) is 0 Å². The van der Waals surface area contributed by atoms with Gasteiger partial charge >= 0.3 is 5.69 Å². The summed E-state index contributed by atoms with van der Waals surface area (Å²) in [5, 5.41) is 32.2. The van der Waals surface area contributed by atoms with Gasteiger partial charge in [-0.05, 0) is 32.0 Å². The first-order chi connectivity index (χ1) is 11.4. The molecule has 126 valence electrons. The number of aliphatic hydroxyl groups excluding tert-OH is 1. The molecule has 1 fully saturated rings. The molecule has 1 spiro atoms. The number of rotatable bonds is 1. The van der Waals surface area contributed by atoms with Crippen molar-refractivity contribution in [2.24, 2.45) is 5.92 Å². The number of hydrogen-bond acceptors (Lipinski definition) is 6. The van der Waals surface area contributed by atoms with Crippen LogP contribution in [0.1, 0.15) is 17.5 Å². The lowest BCUT2D eigenvalue weighted by molar-refractivity contribution is -0.386. The van der Waals surface area contributed by atoms with Crippen LogP contribution in [-0.4, -0.2) is 51.9 Å². The molecule has 0 saturated carbocycles. The minimum Gasteiger partial charge on any atom is -0.500 e. The minimum absolute atomic E-state index is 0.180. The molecule has 1 saturated heterocycles. The van der Waals surface area contributed by atoms with E-state index in [1.54, 1.807) is 6.08 Å². The van der Waals surface area contributed by atoms with E-state index in [2.05, 4.69) is 18.0 Å². The summed E-state index contributed by atoms with van der Waals surface area (Å²) in [6, 6.07) is 1.71. The molecule has 7 nitrogen and oxygen atoms in total. The maximum atomic E-state index is 11.3. The predicted molar refractivity (Wildman–Crippen MR) is 84.2 cm³/mol. The Morgan fingerprint density at radius 1 is 1.46 bits per heavy atom. The van der Waals surface area contributed by atoms with Gasteiger partial charge in [0, 0.05) is 29.0 Å². The molecule has 1 aromatic rings. The van der Waals surface area contributed by atoms with Crippen molar-refractivity contribution in [1.29, 1.82) is 0 Å². The van der Waals surface area contributed by atoms with Crippen molar-refractivity contribution in [3.05, 3.63) is 39.5 Å². The second kappa shape index (κ2) is 4.29. The van der Waals surface area contributed by atoms with Crippen LogP contribution in [0.2, 0.25) is 0 Å². The topological polar surface area (TPSA) is 96.1 Å². The van der Waals surface area contributed by atoms with Gasteiger partial charge in [0.05, 0.1) is 4.92 Å². The van der Waals surface area contributed by atoms with E-state index in [4.69, 9.17) is 4.74 Å². The van der Waals surface area contributed by atoms with E-state index in [0.29, 0.717) is 6.42 Å². The number of phenols is 1. The first-order valence-electron chi connectivity index (χ1n) is 8.22. The molecule has 2 aliphatic carbocycles. The number of aliphatic hydroxyl groups is 1. The van der Waals surface area contributed by atoms with Crippen LogP contribution in [0.5, 0.6) is 11.5 Å². The zero-order chi connectivity index (χ0) is 16.8. The number of nitro groups is 1. The maximum absolute atomic E-state index is 11.3. The molecule has 1 aromatic carbocycles. The van der Waals surface area contributed by atoms with Crippen LogP contribution in [0, 0.1) is 16.0 Å². The Labute approximate surface area is 138 Å². The molecule has 7 heteroatoms. The number of hydrogen-bond donors (Lipinski definition) is 2. The maximum Gasteiger partial charge on any atom is 0.314 e. The van der Waals surface area contributed by atoms with Crippen molar-refractivity contribution in [2.45, 2.75) is 36.5 Å². The molecule has 0 radical (unpaired) electrons. The largest absolute Gasteiger partial charge is 0.500 e. The number of ether oxygens (including phenoxy) is 1. The fourth-order valence-electron chi connectivity index (χ4n) is 5.44. The molecule has 2 bridgehead atoms. The highest BCUT2D eigenvalue weighted by Gasteiger charge is 2.64. The Hall–Kier alpha value is -2.12. The number of nitro benzene ring substituents is 1. The lowest BCUT2D eigenvalue weighted by Gasteiger charge is -2.56. The summed E-state index contributed by atoms with van der Waals surface area (Å²) in [5.41, 5.74) is 1.03. The summed E-state index contributed by atoms with van der Waals surface area (Å²) in [6.45, 7) is 0.873. The average Bonchev–Trinajstić information content (AvgIpc) is 2.90. The van der Waals surface area contributed by atoms with Crippen molar-refractivity contribution in [1.82, 2.24) is 4.90 Å². The Kier molecular flexibility index (Phi) is 2.54. The van der Waals surface area contributed by atoms with Crippen molar-refractivity contribution >= 4 is 5.69 Å². The number of aromatic hydroxyl groups is 1. The number of nitrogens with zero attached hydrogens (tertiary/aromatic N) is 2. The molecular formula is C17H18N2O5. The molecule has 1 unspecified atom stereocenters. The van der Waals surface area contributed by atoms with E-state index in [1.165, 1.54) is 6.07 Å². The van der Waals surface area contributed by atoms with Gasteiger partial charge in [-0.1, -0.05) is 12.2 Å². The van der Waals surface area contributed by atoms with E-state index in [-0.39, 0.29) is 23.4 Å². The molecular weight excluding hydrogens is 312 g/mol. The second-order valence-electron chi connectivity index (χ2n) is 7.35. The molecule has 5 rings (SSSR count). The highest BCUT2D eigenvalue weighted by molar-refractivity contribution is 5.68. The van der Waals surface area contributed by atoms with E-state index >= 15 is 0 Å². The number of likely N-dealkylation sites (tertiary alicyclic amines) is 1. The van der Waals surface area contributed by atoms with Crippen LogP contribution >= 0.6 is 0 Å². The summed E-state index contributed by atoms with van der Waals surface area (Å²) in [7, 11) is 2.07. The Balaban J connectivity index is 1.84. The third-order valence-corrected chi connectivity index (χ3v) is 6.44. The van der Waals surface area contributed by atoms with Gasteiger partial charge in [0.15, 0.2) is 5.75 Å². The standard InChI is InChI=1S/C17H18N2O5/c1-18-5-4-17-9-2-3-12(20)16(17)24-15-13(17)8(6-10(9)18)7-11(14(15)21)19(22)23/h2-3,7,9-10,12,16,20-21H,4-6H2,1H3/t9?,10-,12+,16+,17+/m0/s1. The zero-order valence-corrected chi connectivity index (χ0v) is 13.2. The van der Waals surface area contributed by atoms with Gasteiger partial charge < -0.3 is 19.8 Å². The SMILES string of the molecule is CN1CC[C@@]23c4c5cc([N+](=O)[O-])c(O)c4O[C@@H]2[C@H](O)C=CC3[C@@H]1C5. The summed E-state index contributed by atoms with van der Waals surface area (Å²) >= 11 is 0. The van der Waals surface area contributed by atoms with E-state index in [0.717, 1.165) is 24.1 Å². The molecule has 0 aromatic heterocycles. The zero-order valence-electron chi connectivity index (χ0n) is 13.2. The second-order valence-corrected chi connectivity index (χ2v) is 7.35. The lowest BCUT2D eigenvalue weighted by atomic mass is 9.53. The van der Waals surface area contributed by atoms with Gasteiger partial charge in [-0.15, -0.1) is 0 Å². The summed E-state index contributed by atoms with van der Waals surface area (Å²) < 4.78 is 5.97. The van der Waals surface area contributed by atoms with Crippen molar-refractivity contribution in [3.8, 4) is 11.5 Å². The summed E-state index contributed by atoms with van der Waals surface area (Å²) in [5.74, 6) is -0.0231. The average molecular weight is 330 g/mol. The molecule has 2 N–H and O–H groups in total. The predicted octanol–water partition coefficient (Wildman–Crippen LogP) is 1.11. The molecule has 0 amide bonds. The molecule has 5 atom stereocenters. The molecule has 2 aliphatic heterocycles. The van der Waals surface area contributed by atoms with Gasteiger partial charge in [0.2, 0.25) is 5.75 Å². The number of piperidine rings is 1. The van der Waals surface area contributed by atoms with Crippen LogP contribution in [0.4, 0.5) is 5.69 Å². The van der Waals surface area contributed by atoms with Gasteiger partial charge in [-0.2, -0.15) is 0 Å². The quantitative estimate of drug-likeness (QED) is 0.455. The van der Waals surface area contributed by atoms with Crippen LogP contribution in [0.15, 0.2) is 18.2 Å². The third kappa shape index (κ3) is 1.41. The highest BCUT2D eigenvalue weighted by Crippen LogP contribution is 2.63. The molecule has 2 heterocycles. The van der Waals surface area contributed by atoms with Crippen LogP contribution in [-0.2, 0) is 11.8 Å². The minimum atomic E-state index is -0.776. The third-order valence-electron chi connectivity index (χ3n) is 6.44. The van der Waals surface area contributed by atoms with Crippen LogP contribution < -0.4 is 4.74 Å². The van der Waals surface area contributed by atoms with Crippen molar-refractivity contribution in [2.75, 3.05) is 13.6 Å². The lowest BCUT2D eigenvalue weighted by Crippen LogP contribution is -2.64. The smallest absolute Gasteiger partial charge is 0.314 e. The van der Waals surface area contributed by atoms with E-state index in [1.807, 2.05) is 0 Å². The monoisotopic (exact) mass is 330 g/mol. The summed E-state index contributed by atoms with van der Waals surface area (Å²) in [6.07, 6.45) is 4.05. The Morgan fingerprint density at radius 2 is 2.25 bits per heavy atom. The molecule has 24 heavy (non-hydrogen) atoms. The van der Waals surface area contributed by atoms with Gasteiger partial charge in [-0.3, -0.25) is 10.1 Å². The highest BCUT2D eigenvalue weighted by atomic mass is 16.6. The summed E-state index contributed by atoms with van der Waals surface area (Å²) in [4.78, 5) is 13.0. The first-order valence-corrected chi connectivity index (χ1v) is 8.22. The van der Waals surface area contributed by atoms with E-state index < -0.39 is 28.3 Å². The fraction of sp³-hybridized carbons (Fsp3) is 0.529. The molecule has 4 aliphatic rings. The number of benzene rings is 1. The number of likely N-dealkylation sites (N-methyl/N-ethyl adjacent to an activating group) is 1. The van der Waals surface area contributed by atoms with Gasteiger partial charge in [-0.25, -0.2) is 0 Å². The van der Waals surface area contributed by atoms with Crippen LogP contribution in [0.3, 0.4) is 0 Å². The van der Waals surface area contributed by atoms with Gasteiger partial charge in [0.1, 0.15) is 12.2 Å². The van der Waals surface area contributed by atoms with Crippen molar-refractivity contribution in [3.63, 3.8) is 0 Å². The van der Waals surface area contributed by atoms with Crippen molar-refractivity contribution < 1.29 is 19.9 Å². The fourth-order valence-corrected chi connectivity index (χ4v) is 5.44. The number of phenolic OH excluding ortho intramolecular Hbond substituents is 1.